The second-order valence-corrected chi connectivity index (χ2v) is 11.1. The first-order valence-electron chi connectivity index (χ1n) is 15.1. The Balaban J connectivity index is 1.49. The van der Waals surface area contributed by atoms with E-state index in [4.69, 9.17) is 0 Å². The molecule has 2 N–H and O–H groups in total. The number of rotatable bonds is 10. The average Bonchev–Trinajstić information content (AvgIpc) is 3.11. The van der Waals surface area contributed by atoms with Gasteiger partial charge in [0, 0.05) is 0 Å². The van der Waals surface area contributed by atoms with E-state index < -0.39 is 17.1 Å². The van der Waals surface area contributed by atoms with Gasteiger partial charge in [-0.15, -0.1) is 0 Å². The lowest BCUT2D eigenvalue weighted by atomic mass is 9.75. The Kier molecular flexibility index (Phi) is 8.49. The molecular formula is C41H36N2O. The monoisotopic (exact) mass is 572 g/mol. The highest BCUT2D eigenvalue weighted by Gasteiger charge is 2.42. The summed E-state index contributed by atoms with van der Waals surface area (Å²) in [6.45, 7) is 1.95. The van der Waals surface area contributed by atoms with E-state index in [2.05, 4.69) is 83.4 Å². The molecule has 0 saturated carbocycles. The molecule has 0 radical (unpaired) electrons. The molecule has 1 amide bonds. The van der Waals surface area contributed by atoms with Crippen LogP contribution in [-0.2, 0) is 15.9 Å². The van der Waals surface area contributed by atoms with E-state index in [1.54, 1.807) is 0 Å². The minimum absolute atomic E-state index is 0.117. The number of hydrogen-bond donors (Lipinski definition) is 2. The van der Waals surface area contributed by atoms with E-state index in [0.29, 0.717) is 0 Å². The highest BCUT2D eigenvalue weighted by molar-refractivity contribution is 5.84. The van der Waals surface area contributed by atoms with Gasteiger partial charge in [-0.1, -0.05) is 182 Å². The number of nitrogens with one attached hydrogen (secondary N) is 2. The zero-order chi connectivity index (χ0) is 30.2. The first-order chi connectivity index (χ1) is 21.6. The number of hydrogen-bond acceptors (Lipinski definition) is 2. The first kappa shape index (κ1) is 28.9. The maximum absolute atomic E-state index is 14.7. The summed E-state index contributed by atoms with van der Waals surface area (Å²) in [6, 6.07) is 61.2. The first-order valence-corrected chi connectivity index (χ1v) is 15.1. The van der Waals surface area contributed by atoms with Crippen molar-refractivity contribution in [2.75, 3.05) is 0 Å². The molecule has 6 aromatic carbocycles. The largest absolute Gasteiger partial charge is 0.337 e. The van der Waals surface area contributed by atoms with Crippen molar-refractivity contribution in [1.29, 1.82) is 0 Å². The second-order valence-electron chi connectivity index (χ2n) is 11.1. The SMILES string of the molecule is C[C@H](NC(c1ccccc1)(c1ccccc1)c1ccccc1)C(=O)NC(c1ccccc1)(c1ccccc1)c1ccccc1. The van der Waals surface area contributed by atoms with Gasteiger partial charge in [0.2, 0.25) is 5.91 Å². The molecule has 3 nitrogen and oxygen atoms in total. The summed E-state index contributed by atoms with van der Waals surface area (Å²) >= 11 is 0. The summed E-state index contributed by atoms with van der Waals surface area (Å²) < 4.78 is 0. The zero-order valence-corrected chi connectivity index (χ0v) is 24.8. The van der Waals surface area contributed by atoms with Crippen LogP contribution in [0, 0.1) is 0 Å². The van der Waals surface area contributed by atoms with Crippen molar-refractivity contribution < 1.29 is 4.79 Å². The maximum Gasteiger partial charge on any atom is 0.238 e. The van der Waals surface area contributed by atoms with Gasteiger partial charge in [-0.3, -0.25) is 10.1 Å². The number of benzene rings is 6. The predicted octanol–water partition coefficient (Wildman–Crippen LogP) is 8.06. The van der Waals surface area contributed by atoms with Gasteiger partial charge in [0.15, 0.2) is 0 Å². The molecule has 0 bridgehead atoms. The topological polar surface area (TPSA) is 41.1 Å². The summed E-state index contributed by atoms with van der Waals surface area (Å²) in [5, 5.41) is 7.40. The van der Waals surface area contributed by atoms with Crippen LogP contribution < -0.4 is 10.6 Å². The van der Waals surface area contributed by atoms with Crippen molar-refractivity contribution in [2.24, 2.45) is 0 Å². The van der Waals surface area contributed by atoms with Crippen molar-refractivity contribution in [3.05, 3.63) is 215 Å². The maximum atomic E-state index is 14.7. The zero-order valence-electron chi connectivity index (χ0n) is 24.8. The minimum Gasteiger partial charge on any atom is -0.337 e. The molecular weight excluding hydrogens is 536 g/mol. The molecule has 216 valence electrons. The molecule has 0 fully saturated rings. The average molecular weight is 573 g/mol. The Bertz CT molecular complexity index is 1560. The normalized spacial score (nSPS) is 12.3. The van der Waals surface area contributed by atoms with Gasteiger partial charge in [0.1, 0.15) is 5.54 Å². The molecule has 6 aromatic rings. The molecule has 0 spiro atoms. The summed E-state index contributed by atoms with van der Waals surface area (Å²) in [7, 11) is 0. The van der Waals surface area contributed by atoms with Crippen LogP contribution in [0.5, 0.6) is 0 Å². The van der Waals surface area contributed by atoms with Gasteiger partial charge in [0.05, 0.1) is 11.6 Å². The second kappa shape index (κ2) is 12.9. The van der Waals surface area contributed by atoms with Crippen LogP contribution in [0.2, 0.25) is 0 Å². The van der Waals surface area contributed by atoms with Gasteiger partial charge < -0.3 is 5.32 Å². The Morgan fingerprint density at radius 2 is 0.636 bits per heavy atom. The van der Waals surface area contributed by atoms with Crippen LogP contribution >= 0.6 is 0 Å². The van der Waals surface area contributed by atoms with Crippen LogP contribution in [0.4, 0.5) is 0 Å². The summed E-state index contributed by atoms with van der Waals surface area (Å²) in [6.07, 6.45) is 0. The molecule has 0 aliphatic heterocycles. The Labute approximate surface area is 260 Å². The molecule has 0 aliphatic carbocycles. The lowest BCUT2D eigenvalue weighted by Gasteiger charge is -2.41. The fourth-order valence-corrected chi connectivity index (χ4v) is 6.28. The van der Waals surface area contributed by atoms with Crippen LogP contribution in [0.25, 0.3) is 0 Å². The van der Waals surface area contributed by atoms with Crippen molar-refractivity contribution >= 4 is 5.91 Å². The van der Waals surface area contributed by atoms with Crippen LogP contribution in [0.1, 0.15) is 40.3 Å². The summed E-state index contributed by atoms with van der Waals surface area (Å²) in [4.78, 5) is 14.7. The smallest absolute Gasteiger partial charge is 0.238 e. The minimum atomic E-state index is -0.911. The molecule has 3 heteroatoms. The summed E-state index contributed by atoms with van der Waals surface area (Å²) in [5.74, 6) is -0.117. The van der Waals surface area contributed by atoms with Crippen LogP contribution in [-0.4, -0.2) is 11.9 Å². The highest BCUT2D eigenvalue weighted by atomic mass is 16.2. The van der Waals surface area contributed by atoms with E-state index in [1.807, 2.05) is 116 Å². The predicted molar refractivity (Wildman–Crippen MR) is 179 cm³/mol. The van der Waals surface area contributed by atoms with Gasteiger partial charge >= 0.3 is 0 Å². The highest BCUT2D eigenvalue weighted by Crippen LogP contribution is 2.39. The molecule has 0 heterocycles. The van der Waals surface area contributed by atoms with E-state index in [-0.39, 0.29) is 5.91 Å². The van der Waals surface area contributed by atoms with Gasteiger partial charge in [-0.05, 0) is 40.3 Å². The van der Waals surface area contributed by atoms with Gasteiger partial charge in [-0.25, -0.2) is 0 Å². The van der Waals surface area contributed by atoms with E-state index in [1.165, 1.54) is 0 Å². The fraction of sp³-hybridized carbons (Fsp3) is 0.0976. The molecule has 0 aliphatic rings. The van der Waals surface area contributed by atoms with E-state index in [9.17, 15) is 4.79 Å². The molecule has 0 saturated heterocycles. The third-order valence-electron chi connectivity index (χ3n) is 8.38. The van der Waals surface area contributed by atoms with Crippen molar-refractivity contribution in [2.45, 2.75) is 24.0 Å². The van der Waals surface area contributed by atoms with Crippen molar-refractivity contribution in [3.63, 3.8) is 0 Å². The van der Waals surface area contributed by atoms with E-state index >= 15 is 0 Å². The Hall–Kier alpha value is -5.25. The lowest BCUT2D eigenvalue weighted by molar-refractivity contribution is -0.124. The van der Waals surface area contributed by atoms with Crippen LogP contribution in [0.15, 0.2) is 182 Å². The standard InChI is InChI=1S/C41H36N2O/c1-32(42-40(33-20-8-2-9-21-33,34-22-10-3-11-23-34)35-24-12-4-13-25-35)39(44)43-41(36-26-14-5-15-27-36,37-28-16-6-17-29-37)38-30-18-7-19-31-38/h2-32,42H,1H3,(H,43,44)/t32-/m0/s1. The lowest BCUT2D eigenvalue weighted by Crippen LogP contribution is -2.58. The molecule has 44 heavy (non-hydrogen) atoms. The number of carbonyl (C=O) groups excluding carboxylic acids is 1. The third kappa shape index (κ3) is 5.46. The molecule has 1 atom stereocenters. The Morgan fingerprint density at radius 3 is 0.886 bits per heavy atom. The molecule has 6 rings (SSSR count). The number of amides is 1. The van der Waals surface area contributed by atoms with Gasteiger partial charge in [0.25, 0.3) is 0 Å². The quantitative estimate of drug-likeness (QED) is 0.163. The number of carbonyl (C=O) groups is 1. The van der Waals surface area contributed by atoms with E-state index in [0.717, 1.165) is 33.4 Å². The molecule has 0 aromatic heterocycles. The van der Waals surface area contributed by atoms with Gasteiger partial charge in [-0.2, -0.15) is 0 Å². The van der Waals surface area contributed by atoms with Crippen molar-refractivity contribution in [1.82, 2.24) is 10.6 Å². The summed E-state index contributed by atoms with van der Waals surface area (Å²) in [5.41, 5.74) is 4.42. The van der Waals surface area contributed by atoms with Crippen LogP contribution in [0.3, 0.4) is 0 Å². The third-order valence-corrected chi connectivity index (χ3v) is 8.38. The van der Waals surface area contributed by atoms with Crippen molar-refractivity contribution in [3.8, 4) is 0 Å². The fourth-order valence-electron chi connectivity index (χ4n) is 6.28. The molecule has 0 unspecified atom stereocenters. The Morgan fingerprint density at radius 1 is 0.409 bits per heavy atom.